The van der Waals surface area contributed by atoms with Crippen LogP contribution in [0.25, 0.3) is 0 Å². The molecule has 3 nitrogen and oxygen atoms in total. The van der Waals surface area contributed by atoms with Crippen molar-refractivity contribution in [2.75, 3.05) is 12.4 Å². The highest BCUT2D eigenvalue weighted by atomic mass is 79.9. The molecule has 5 heteroatoms. The Bertz CT molecular complexity index is 392. The lowest BCUT2D eigenvalue weighted by molar-refractivity contribution is -0.120. The third-order valence-corrected chi connectivity index (χ3v) is 3.94. The van der Waals surface area contributed by atoms with Gasteiger partial charge in [-0.25, -0.2) is 0 Å². The molecule has 0 aliphatic carbocycles. The molecule has 1 rings (SSSR count). The van der Waals surface area contributed by atoms with Gasteiger partial charge in [-0.15, -0.1) is 11.8 Å². The summed E-state index contributed by atoms with van der Waals surface area (Å²) in [5.41, 5.74) is -0.355. The second-order valence-electron chi connectivity index (χ2n) is 4.65. The molecule has 0 atom stereocenters. The number of aliphatic hydroxyl groups excluding tert-OH is 1. The molecule has 1 aromatic rings. The van der Waals surface area contributed by atoms with E-state index in [0.717, 1.165) is 9.37 Å². The molecule has 0 bridgehead atoms. The summed E-state index contributed by atoms with van der Waals surface area (Å²) >= 11 is 4.87. The van der Waals surface area contributed by atoms with E-state index in [1.54, 1.807) is 0 Å². The lowest BCUT2D eigenvalue weighted by Gasteiger charge is -2.25. The molecule has 0 saturated heterocycles. The Morgan fingerprint density at radius 1 is 1.39 bits per heavy atom. The van der Waals surface area contributed by atoms with Gasteiger partial charge in [-0.3, -0.25) is 4.79 Å². The lowest BCUT2D eigenvalue weighted by Crippen LogP contribution is -2.44. The molecule has 1 aromatic carbocycles. The fourth-order valence-corrected chi connectivity index (χ4v) is 2.40. The number of thioether (sulfide) groups is 1. The van der Waals surface area contributed by atoms with Crippen LogP contribution in [-0.4, -0.2) is 28.9 Å². The Morgan fingerprint density at radius 3 is 2.56 bits per heavy atom. The summed E-state index contributed by atoms with van der Waals surface area (Å²) in [6.45, 7) is 3.89. The topological polar surface area (TPSA) is 49.3 Å². The predicted molar refractivity (Wildman–Crippen MR) is 78.8 cm³/mol. The SMILES string of the molecule is CC(C)(CCO)NC(=O)CSc1ccc(Br)cc1. The normalized spacial score (nSPS) is 11.3. The molecular weight excluding hydrogens is 314 g/mol. The highest BCUT2D eigenvalue weighted by molar-refractivity contribution is 9.10. The van der Waals surface area contributed by atoms with Crippen molar-refractivity contribution in [3.63, 3.8) is 0 Å². The Labute approximate surface area is 120 Å². The summed E-state index contributed by atoms with van der Waals surface area (Å²) < 4.78 is 1.03. The highest BCUT2D eigenvalue weighted by Crippen LogP contribution is 2.20. The average Bonchev–Trinajstić information content (AvgIpc) is 2.27. The molecule has 0 aliphatic rings. The molecule has 0 spiro atoms. The van der Waals surface area contributed by atoms with Crippen LogP contribution in [0.3, 0.4) is 0 Å². The van der Waals surface area contributed by atoms with Gasteiger partial charge in [0, 0.05) is 21.5 Å². The summed E-state index contributed by atoms with van der Waals surface area (Å²) in [6, 6.07) is 7.85. The number of carbonyl (C=O) groups is 1. The van der Waals surface area contributed by atoms with Crippen LogP contribution in [0.15, 0.2) is 33.6 Å². The number of benzene rings is 1. The fourth-order valence-electron chi connectivity index (χ4n) is 1.44. The smallest absolute Gasteiger partial charge is 0.230 e. The second kappa shape index (κ2) is 7.16. The van der Waals surface area contributed by atoms with Crippen molar-refractivity contribution in [1.82, 2.24) is 5.32 Å². The molecule has 0 unspecified atom stereocenters. The standard InChI is InChI=1S/C13H18BrNO2S/c1-13(2,7-8-16)15-12(17)9-18-11-5-3-10(14)4-6-11/h3-6,16H,7-9H2,1-2H3,(H,15,17). The molecule has 0 aromatic heterocycles. The Morgan fingerprint density at radius 2 is 2.00 bits per heavy atom. The van der Waals surface area contributed by atoms with Crippen LogP contribution in [0.5, 0.6) is 0 Å². The van der Waals surface area contributed by atoms with Gasteiger partial charge in [0.15, 0.2) is 0 Å². The summed E-state index contributed by atoms with van der Waals surface area (Å²) in [5, 5.41) is 11.8. The minimum Gasteiger partial charge on any atom is -0.396 e. The van der Waals surface area contributed by atoms with E-state index < -0.39 is 0 Å². The summed E-state index contributed by atoms with van der Waals surface area (Å²) in [7, 11) is 0. The Kier molecular flexibility index (Phi) is 6.18. The quantitative estimate of drug-likeness (QED) is 0.788. The molecule has 0 saturated carbocycles. The molecular formula is C13H18BrNO2S. The Balaban J connectivity index is 2.39. The number of carbonyl (C=O) groups excluding carboxylic acids is 1. The number of halogens is 1. The largest absolute Gasteiger partial charge is 0.396 e. The molecule has 0 heterocycles. The first-order chi connectivity index (χ1) is 8.43. The fraction of sp³-hybridized carbons (Fsp3) is 0.462. The van der Waals surface area contributed by atoms with Crippen molar-refractivity contribution in [1.29, 1.82) is 0 Å². The molecule has 2 N–H and O–H groups in total. The number of amides is 1. The zero-order valence-corrected chi connectivity index (χ0v) is 13.0. The van der Waals surface area contributed by atoms with Crippen LogP contribution in [0.2, 0.25) is 0 Å². The summed E-state index contributed by atoms with van der Waals surface area (Å²) in [6.07, 6.45) is 0.557. The van der Waals surface area contributed by atoms with E-state index in [0.29, 0.717) is 12.2 Å². The van der Waals surface area contributed by atoms with Gasteiger partial charge in [0.25, 0.3) is 0 Å². The minimum atomic E-state index is -0.355. The average molecular weight is 332 g/mol. The van der Waals surface area contributed by atoms with Gasteiger partial charge in [-0.2, -0.15) is 0 Å². The van der Waals surface area contributed by atoms with Gasteiger partial charge in [0.1, 0.15) is 0 Å². The lowest BCUT2D eigenvalue weighted by atomic mass is 10.0. The first kappa shape index (κ1) is 15.5. The number of hydrogen-bond donors (Lipinski definition) is 2. The van der Waals surface area contributed by atoms with E-state index in [9.17, 15) is 4.79 Å². The van der Waals surface area contributed by atoms with Gasteiger partial charge in [-0.05, 0) is 44.5 Å². The minimum absolute atomic E-state index is 0.0126. The van der Waals surface area contributed by atoms with Gasteiger partial charge in [-0.1, -0.05) is 15.9 Å². The predicted octanol–water partition coefficient (Wildman–Crippen LogP) is 2.82. The zero-order chi connectivity index (χ0) is 13.6. The number of nitrogens with one attached hydrogen (secondary N) is 1. The van der Waals surface area contributed by atoms with Crippen molar-refractivity contribution < 1.29 is 9.90 Å². The zero-order valence-electron chi connectivity index (χ0n) is 10.6. The summed E-state index contributed by atoms with van der Waals surface area (Å²) in [4.78, 5) is 12.8. The Hall–Kier alpha value is -0.520. The summed E-state index contributed by atoms with van der Waals surface area (Å²) in [5.74, 6) is 0.373. The number of aliphatic hydroxyl groups is 1. The number of hydrogen-bond acceptors (Lipinski definition) is 3. The van der Waals surface area contributed by atoms with E-state index in [4.69, 9.17) is 5.11 Å². The monoisotopic (exact) mass is 331 g/mol. The second-order valence-corrected chi connectivity index (χ2v) is 6.61. The first-order valence-corrected chi connectivity index (χ1v) is 7.51. The van der Waals surface area contributed by atoms with E-state index in [1.165, 1.54) is 11.8 Å². The van der Waals surface area contributed by atoms with E-state index in [2.05, 4.69) is 21.2 Å². The maximum absolute atomic E-state index is 11.8. The van der Waals surface area contributed by atoms with Crippen LogP contribution < -0.4 is 5.32 Å². The van der Waals surface area contributed by atoms with Crippen LogP contribution in [0.4, 0.5) is 0 Å². The molecule has 18 heavy (non-hydrogen) atoms. The van der Waals surface area contributed by atoms with Crippen LogP contribution in [-0.2, 0) is 4.79 Å². The van der Waals surface area contributed by atoms with Gasteiger partial charge in [0.2, 0.25) is 5.91 Å². The van der Waals surface area contributed by atoms with Crippen molar-refractivity contribution in [3.8, 4) is 0 Å². The van der Waals surface area contributed by atoms with Crippen molar-refractivity contribution >= 4 is 33.6 Å². The third kappa shape index (κ3) is 5.89. The molecule has 0 fully saturated rings. The third-order valence-electron chi connectivity index (χ3n) is 2.40. The van der Waals surface area contributed by atoms with Crippen molar-refractivity contribution in [2.24, 2.45) is 0 Å². The van der Waals surface area contributed by atoms with Crippen molar-refractivity contribution in [2.45, 2.75) is 30.7 Å². The highest BCUT2D eigenvalue weighted by Gasteiger charge is 2.19. The maximum atomic E-state index is 11.8. The molecule has 0 aliphatic heterocycles. The first-order valence-electron chi connectivity index (χ1n) is 5.73. The molecule has 1 amide bonds. The maximum Gasteiger partial charge on any atom is 0.230 e. The van der Waals surface area contributed by atoms with E-state index in [1.807, 2.05) is 38.1 Å². The van der Waals surface area contributed by atoms with Crippen LogP contribution in [0.1, 0.15) is 20.3 Å². The molecule has 0 radical (unpaired) electrons. The number of rotatable bonds is 6. The van der Waals surface area contributed by atoms with Gasteiger partial charge in [0.05, 0.1) is 5.75 Å². The van der Waals surface area contributed by atoms with Gasteiger partial charge >= 0.3 is 0 Å². The van der Waals surface area contributed by atoms with Crippen LogP contribution in [0, 0.1) is 0 Å². The molecule has 100 valence electrons. The van der Waals surface area contributed by atoms with Gasteiger partial charge < -0.3 is 10.4 Å². The van der Waals surface area contributed by atoms with E-state index >= 15 is 0 Å². The van der Waals surface area contributed by atoms with E-state index in [-0.39, 0.29) is 18.1 Å². The van der Waals surface area contributed by atoms with Crippen molar-refractivity contribution in [3.05, 3.63) is 28.7 Å². The van der Waals surface area contributed by atoms with Crippen LogP contribution >= 0.6 is 27.7 Å².